The van der Waals surface area contributed by atoms with E-state index in [4.69, 9.17) is 13.9 Å². The van der Waals surface area contributed by atoms with Crippen molar-refractivity contribution < 1.29 is 19.0 Å². The van der Waals surface area contributed by atoms with Gasteiger partial charge in [0.2, 0.25) is 5.79 Å². The topological polar surface area (TPSA) is 68.9 Å². The Kier molecular flexibility index (Phi) is 4.51. The Labute approximate surface area is 143 Å². The van der Waals surface area contributed by atoms with E-state index in [0.29, 0.717) is 30.1 Å². The molecule has 1 N–H and O–H groups in total. The molecule has 1 aromatic rings. The van der Waals surface area contributed by atoms with Crippen LogP contribution in [-0.4, -0.2) is 23.6 Å². The molecule has 1 fully saturated rings. The van der Waals surface area contributed by atoms with Crippen molar-refractivity contribution in [2.45, 2.75) is 59.4 Å². The normalized spacial score (nSPS) is 32.4. The van der Waals surface area contributed by atoms with Gasteiger partial charge in [-0.2, -0.15) is 0 Å². The van der Waals surface area contributed by atoms with Crippen LogP contribution >= 0.6 is 0 Å². The molecule has 0 radical (unpaired) electrons. The Morgan fingerprint density at radius 2 is 2.08 bits per heavy atom. The summed E-state index contributed by atoms with van der Waals surface area (Å²) >= 11 is 0. The molecule has 0 amide bonds. The van der Waals surface area contributed by atoms with Crippen LogP contribution < -0.4 is 10.4 Å². The highest BCUT2D eigenvalue weighted by atomic mass is 16.7. The first kappa shape index (κ1) is 17.5. The monoisotopic (exact) mass is 336 g/mol. The number of hydrogen-bond donors (Lipinski definition) is 1. The molecule has 3 rings (SSSR count). The first-order chi connectivity index (χ1) is 11.3. The van der Waals surface area contributed by atoms with Gasteiger partial charge < -0.3 is 19.0 Å². The van der Waals surface area contributed by atoms with Crippen molar-refractivity contribution >= 4 is 0 Å². The first-order valence-electron chi connectivity index (χ1n) is 8.94. The van der Waals surface area contributed by atoms with E-state index in [1.165, 1.54) is 0 Å². The van der Waals surface area contributed by atoms with Gasteiger partial charge in [-0.05, 0) is 38.5 Å². The van der Waals surface area contributed by atoms with Gasteiger partial charge in [0.15, 0.2) is 0 Å². The highest BCUT2D eigenvalue weighted by molar-refractivity contribution is 5.35. The molecule has 5 nitrogen and oxygen atoms in total. The van der Waals surface area contributed by atoms with E-state index >= 15 is 0 Å². The quantitative estimate of drug-likeness (QED) is 0.915. The number of hydrogen-bond acceptors (Lipinski definition) is 5. The SMILES string of the molecule is CCC(C)C12OCC(C(C)[C@H](C)O)C1Cc1c(cc(C)oc1=O)O2. The number of fused-ring (bicyclic) bond motifs is 2. The standard InChI is InChI=1S/C19H28O5/c1-6-10(2)19-16(15(9-22-19)12(4)13(5)20)8-14-17(24-19)7-11(3)23-18(14)21/h7,10,12-13,15-16,20H,6,8-9H2,1-5H3/t10?,12?,13-,15?,16?,19?/m0/s1. The minimum atomic E-state index is -0.726. The van der Waals surface area contributed by atoms with Crippen LogP contribution in [0.15, 0.2) is 15.3 Å². The Balaban J connectivity index is 2.07. The lowest BCUT2D eigenvalue weighted by atomic mass is 9.71. The van der Waals surface area contributed by atoms with Gasteiger partial charge in [0.1, 0.15) is 11.5 Å². The second kappa shape index (κ2) is 6.19. The summed E-state index contributed by atoms with van der Waals surface area (Å²) in [6.07, 6.45) is 1.06. The molecule has 0 saturated carbocycles. The third-order valence-corrected chi connectivity index (χ3v) is 6.10. The second-order valence-corrected chi connectivity index (χ2v) is 7.51. The summed E-state index contributed by atoms with van der Waals surface area (Å²) in [6, 6.07) is 1.78. The molecular formula is C19H28O5. The van der Waals surface area contributed by atoms with Gasteiger partial charge >= 0.3 is 5.63 Å². The van der Waals surface area contributed by atoms with Crippen molar-refractivity contribution in [3.05, 3.63) is 27.8 Å². The van der Waals surface area contributed by atoms with E-state index in [2.05, 4.69) is 13.8 Å². The highest BCUT2D eigenvalue weighted by Crippen LogP contribution is 2.51. The van der Waals surface area contributed by atoms with Crippen LogP contribution in [0, 0.1) is 30.6 Å². The van der Waals surface area contributed by atoms with Crippen LogP contribution in [0.25, 0.3) is 0 Å². The summed E-state index contributed by atoms with van der Waals surface area (Å²) in [7, 11) is 0. The summed E-state index contributed by atoms with van der Waals surface area (Å²) in [4.78, 5) is 12.3. The van der Waals surface area contributed by atoms with Crippen molar-refractivity contribution in [2.75, 3.05) is 6.61 Å². The first-order valence-corrected chi connectivity index (χ1v) is 8.94. The molecule has 3 heterocycles. The smallest absolute Gasteiger partial charge is 0.342 e. The van der Waals surface area contributed by atoms with Gasteiger partial charge in [-0.25, -0.2) is 4.79 Å². The molecule has 1 aromatic heterocycles. The molecule has 6 atom stereocenters. The average Bonchev–Trinajstić information content (AvgIpc) is 2.90. The molecular weight excluding hydrogens is 308 g/mol. The summed E-state index contributed by atoms with van der Waals surface area (Å²) in [5, 5.41) is 10.1. The molecule has 0 aliphatic carbocycles. The molecule has 2 aliphatic rings. The van der Waals surface area contributed by atoms with Gasteiger partial charge in [-0.15, -0.1) is 0 Å². The Morgan fingerprint density at radius 1 is 1.38 bits per heavy atom. The van der Waals surface area contributed by atoms with Crippen LogP contribution in [0.1, 0.15) is 45.4 Å². The lowest BCUT2D eigenvalue weighted by Gasteiger charge is -2.44. The van der Waals surface area contributed by atoms with E-state index in [1.54, 1.807) is 13.0 Å². The minimum absolute atomic E-state index is 0.0372. The lowest BCUT2D eigenvalue weighted by Crippen LogP contribution is -2.53. The largest absolute Gasteiger partial charge is 0.461 e. The zero-order valence-corrected chi connectivity index (χ0v) is 15.2. The van der Waals surface area contributed by atoms with Crippen molar-refractivity contribution in [3.63, 3.8) is 0 Å². The van der Waals surface area contributed by atoms with E-state index < -0.39 is 11.9 Å². The van der Waals surface area contributed by atoms with E-state index in [0.717, 1.165) is 6.42 Å². The molecule has 1 saturated heterocycles. The van der Waals surface area contributed by atoms with Crippen molar-refractivity contribution in [3.8, 4) is 5.75 Å². The summed E-state index contributed by atoms with van der Waals surface area (Å²) in [6.45, 7) is 10.4. The Morgan fingerprint density at radius 3 is 2.71 bits per heavy atom. The highest BCUT2D eigenvalue weighted by Gasteiger charge is 2.58. The Bertz CT molecular complexity index is 664. The number of rotatable bonds is 4. The number of aliphatic hydroxyl groups excluding tert-OH is 1. The Hall–Kier alpha value is -1.33. The fraction of sp³-hybridized carbons (Fsp3) is 0.737. The summed E-state index contributed by atoms with van der Waals surface area (Å²) < 4.78 is 17.9. The number of aliphatic hydroxyl groups is 1. The van der Waals surface area contributed by atoms with Crippen molar-refractivity contribution in [2.24, 2.45) is 23.7 Å². The molecule has 24 heavy (non-hydrogen) atoms. The fourth-order valence-corrected chi connectivity index (χ4v) is 4.19. The summed E-state index contributed by atoms with van der Waals surface area (Å²) in [5.41, 5.74) is 0.274. The van der Waals surface area contributed by atoms with Crippen LogP contribution in [-0.2, 0) is 11.2 Å². The molecule has 0 bridgehead atoms. The van der Waals surface area contributed by atoms with Gasteiger partial charge in [0.25, 0.3) is 0 Å². The maximum atomic E-state index is 12.3. The molecule has 0 aromatic carbocycles. The zero-order valence-electron chi connectivity index (χ0n) is 15.2. The molecule has 134 valence electrons. The van der Waals surface area contributed by atoms with Crippen LogP contribution in [0.5, 0.6) is 5.75 Å². The van der Waals surface area contributed by atoms with E-state index in [9.17, 15) is 9.90 Å². The molecule has 5 unspecified atom stereocenters. The van der Waals surface area contributed by atoms with Gasteiger partial charge in [0, 0.05) is 17.9 Å². The number of ether oxygens (including phenoxy) is 2. The minimum Gasteiger partial charge on any atom is -0.461 e. The predicted octanol–water partition coefficient (Wildman–Crippen LogP) is 2.91. The average molecular weight is 336 g/mol. The maximum Gasteiger partial charge on any atom is 0.342 e. The number of aryl methyl sites for hydroxylation is 1. The second-order valence-electron chi connectivity index (χ2n) is 7.51. The van der Waals surface area contributed by atoms with Gasteiger partial charge in [-0.3, -0.25) is 0 Å². The van der Waals surface area contributed by atoms with Crippen molar-refractivity contribution in [1.82, 2.24) is 0 Å². The van der Waals surface area contributed by atoms with E-state index in [1.807, 2.05) is 13.8 Å². The third-order valence-electron chi connectivity index (χ3n) is 6.10. The fourth-order valence-electron chi connectivity index (χ4n) is 4.19. The molecule has 5 heteroatoms. The van der Waals surface area contributed by atoms with Gasteiger partial charge in [-0.1, -0.05) is 20.8 Å². The zero-order chi connectivity index (χ0) is 17.6. The van der Waals surface area contributed by atoms with E-state index in [-0.39, 0.29) is 29.3 Å². The van der Waals surface area contributed by atoms with Crippen LogP contribution in [0.3, 0.4) is 0 Å². The molecule has 2 aliphatic heterocycles. The predicted molar refractivity (Wildman–Crippen MR) is 90.0 cm³/mol. The molecule has 0 spiro atoms. The van der Waals surface area contributed by atoms with Crippen LogP contribution in [0.2, 0.25) is 0 Å². The van der Waals surface area contributed by atoms with Crippen LogP contribution in [0.4, 0.5) is 0 Å². The summed E-state index contributed by atoms with van der Waals surface area (Å²) in [5.74, 6) is 0.852. The van der Waals surface area contributed by atoms with Crippen molar-refractivity contribution in [1.29, 1.82) is 0 Å². The maximum absolute atomic E-state index is 12.3. The third kappa shape index (κ3) is 2.58. The van der Waals surface area contributed by atoms with Gasteiger partial charge in [0.05, 0.1) is 18.3 Å². The lowest BCUT2D eigenvalue weighted by molar-refractivity contribution is -0.214.